The fourth-order valence-electron chi connectivity index (χ4n) is 2.95. The molecule has 0 saturated heterocycles. The maximum atomic E-state index is 13.7. The van der Waals surface area contributed by atoms with E-state index in [1.807, 2.05) is 6.92 Å². The second-order valence-corrected chi connectivity index (χ2v) is 5.86. The average Bonchev–Trinajstić information content (AvgIpc) is 2.54. The molecule has 2 rings (SSSR count). The van der Waals surface area contributed by atoms with Crippen molar-refractivity contribution < 1.29 is 8.78 Å². The van der Waals surface area contributed by atoms with E-state index in [0.717, 1.165) is 24.8 Å². The summed E-state index contributed by atoms with van der Waals surface area (Å²) in [6.45, 7) is 4.25. The van der Waals surface area contributed by atoms with Crippen LogP contribution < -0.4 is 5.32 Å². The highest BCUT2D eigenvalue weighted by molar-refractivity contribution is 5.21. The molecule has 1 aromatic rings. The Balaban J connectivity index is 1.98. The predicted octanol–water partition coefficient (Wildman–Crippen LogP) is 4.58. The van der Waals surface area contributed by atoms with Gasteiger partial charge in [0.15, 0.2) is 0 Å². The molecule has 0 bridgehead atoms. The molecule has 1 N–H and O–H groups in total. The average molecular weight is 267 g/mol. The Kier molecular flexibility index (Phi) is 4.92. The number of halogens is 2. The first-order valence-electron chi connectivity index (χ1n) is 7.27. The van der Waals surface area contributed by atoms with Gasteiger partial charge in [0.1, 0.15) is 11.6 Å². The maximum Gasteiger partial charge on any atom is 0.130 e. The van der Waals surface area contributed by atoms with Gasteiger partial charge in [0.2, 0.25) is 0 Å². The van der Waals surface area contributed by atoms with Crippen LogP contribution in [0.5, 0.6) is 0 Å². The van der Waals surface area contributed by atoms with Crippen molar-refractivity contribution in [1.82, 2.24) is 5.32 Å². The summed E-state index contributed by atoms with van der Waals surface area (Å²) in [7, 11) is 0. The van der Waals surface area contributed by atoms with Crippen LogP contribution in [0, 0.1) is 17.6 Å². The number of benzene rings is 1. The second kappa shape index (κ2) is 6.47. The van der Waals surface area contributed by atoms with Gasteiger partial charge in [0.25, 0.3) is 0 Å². The van der Waals surface area contributed by atoms with E-state index in [1.165, 1.54) is 25.3 Å². The molecule has 0 spiro atoms. The monoisotopic (exact) mass is 267 g/mol. The van der Waals surface area contributed by atoms with Crippen LogP contribution in [0.4, 0.5) is 8.78 Å². The van der Waals surface area contributed by atoms with Gasteiger partial charge in [-0.25, -0.2) is 8.78 Å². The lowest BCUT2D eigenvalue weighted by atomic mass is 10.0. The molecule has 1 aliphatic carbocycles. The molecule has 1 saturated carbocycles. The first kappa shape index (κ1) is 14.4. The zero-order valence-corrected chi connectivity index (χ0v) is 11.8. The summed E-state index contributed by atoms with van der Waals surface area (Å²) in [5, 5.41) is 3.49. The largest absolute Gasteiger partial charge is 0.307 e. The van der Waals surface area contributed by atoms with Crippen LogP contribution in [0.1, 0.15) is 57.6 Å². The van der Waals surface area contributed by atoms with E-state index < -0.39 is 11.6 Å². The van der Waals surface area contributed by atoms with Crippen LogP contribution >= 0.6 is 0 Å². The molecule has 1 fully saturated rings. The Morgan fingerprint density at radius 2 is 1.95 bits per heavy atom. The molecule has 1 aromatic carbocycles. The zero-order valence-electron chi connectivity index (χ0n) is 11.8. The van der Waals surface area contributed by atoms with E-state index in [0.29, 0.717) is 11.6 Å². The lowest BCUT2D eigenvalue weighted by molar-refractivity contribution is 0.400. The van der Waals surface area contributed by atoms with Gasteiger partial charge >= 0.3 is 0 Å². The van der Waals surface area contributed by atoms with E-state index in [1.54, 1.807) is 6.07 Å². The van der Waals surface area contributed by atoms with E-state index in [4.69, 9.17) is 0 Å². The molecule has 0 radical (unpaired) electrons. The summed E-state index contributed by atoms with van der Waals surface area (Å²) >= 11 is 0. The van der Waals surface area contributed by atoms with Crippen molar-refractivity contribution in [3.05, 3.63) is 35.4 Å². The van der Waals surface area contributed by atoms with Crippen LogP contribution in [-0.2, 0) is 0 Å². The summed E-state index contributed by atoms with van der Waals surface area (Å²) in [5.74, 6) is -0.177. The molecule has 3 unspecified atom stereocenters. The Hall–Kier alpha value is -0.960. The van der Waals surface area contributed by atoms with Crippen molar-refractivity contribution in [1.29, 1.82) is 0 Å². The van der Waals surface area contributed by atoms with Crippen molar-refractivity contribution in [2.24, 2.45) is 5.92 Å². The Bertz CT molecular complexity index is 419. The van der Waals surface area contributed by atoms with Gasteiger partial charge in [-0.3, -0.25) is 0 Å². The summed E-state index contributed by atoms with van der Waals surface area (Å²) in [6.07, 6.45) is 6.05. The van der Waals surface area contributed by atoms with Crippen LogP contribution in [0.3, 0.4) is 0 Å². The quantitative estimate of drug-likeness (QED) is 0.790. The normalized spacial score (nSPS) is 25.9. The molecule has 19 heavy (non-hydrogen) atoms. The van der Waals surface area contributed by atoms with Gasteiger partial charge in [0, 0.05) is 23.7 Å². The van der Waals surface area contributed by atoms with Crippen LogP contribution in [0.2, 0.25) is 0 Å². The minimum Gasteiger partial charge on any atom is -0.307 e. The molecule has 1 nitrogen and oxygen atoms in total. The highest BCUT2D eigenvalue weighted by atomic mass is 19.1. The smallest absolute Gasteiger partial charge is 0.130 e. The number of rotatable bonds is 3. The fraction of sp³-hybridized carbons (Fsp3) is 0.625. The van der Waals surface area contributed by atoms with Crippen LogP contribution in [0.15, 0.2) is 18.2 Å². The summed E-state index contributed by atoms with van der Waals surface area (Å²) < 4.78 is 26.6. The molecule has 0 aromatic heterocycles. The Labute approximate surface area is 114 Å². The number of hydrogen-bond donors (Lipinski definition) is 1. The van der Waals surface area contributed by atoms with Gasteiger partial charge in [-0.15, -0.1) is 0 Å². The Morgan fingerprint density at radius 3 is 2.68 bits per heavy atom. The second-order valence-electron chi connectivity index (χ2n) is 5.86. The SMILES string of the molecule is CC1CCCC(NC(C)c2ccc(F)cc2F)CC1. The molecule has 1 aliphatic rings. The highest BCUT2D eigenvalue weighted by Gasteiger charge is 2.19. The van der Waals surface area contributed by atoms with Crippen molar-refractivity contribution >= 4 is 0 Å². The minimum atomic E-state index is -0.517. The zero-order chi connectivity index (χ0) is 13.8. The number of hydrogen-bond acceptors (Lipinski definition) is 1. The third kappa shape index (κ3) is 4.00. The van der Waals surface area contributed by atoms with Crippen molar-refractivity contribution in [2.45, 2.75) is 58.0 Å². The van der Waals surface area contributed by atoms with E-state index in [2.05, 4.69) is 12.2 Å². The van der Waals surface area contributed by atoms with Crippen molar-refractivity contribution in [2.75, 3.05) is 0 Å². The summed E-state index contributed by atoms with van der Waals surface area (Å²) in [5.41, 5.74) is 0.554. The van der Waals surface area contributed by atoms with Gasteiger partial charge in [-0.2, -0.15) is 0 Å². The first-order valence-corrected chi connectivity index (χ1v) is 7.27. The van der Waals surface area contributed by atoms with Gasteiger partial charge in [-0.1, -0.05) is 25.8 Å². The van der Waals surface area contributed by atoms with Crippen LogP contribution in [-0.4, -0.2) is 6.04 Å². The third-order valence-corrected chi connectivity index (χ3v) is 4.17. The van der Waals surface area contributed by atoms with Gasteiger partial charge in [0.05, 0.1) is 0 Å². The first-order chi connectivity index (χ1) is 9.06. The minimum absolute atomic E-state index is 0.0704. The molecule has 106 valence electrons. The molecular formula is C16H23F2N. The fourth-order valence-corrected chi connectivity index (χ4v) is 2.95. The summed E-state index contributed by atoms with van der Waals surface area (Å²) in [6, 6.07) is 4.21. The lowest BCUT2D eigenvalue weighted by Gasteiger charge is -2.22. The Morgan fingerprint density at radius 1 is 1.16 bits per heavy atom. The molecule has 3 atom stereocenters. The molecule has 3 heteroatoms. The predicted molar refractivity (Wildman–Crippen MR) is 73.9 cm³/mol. The number of nitrogens with one attached hydrogen (secondary N) is 1. The van der Waals surface area contributed by atoms with Gasteiger partial charge in [-0.05, 0) is 38.2 Å². The topological polar surface area (TPSA) is 12.0 Å². The van der Waals surface area contributed by atoms with E-state index >= 15 is 0 Å². The maximum absolute atomic E-state index is 13.7. The molecule has 0 heterocycles. The van der Waals surface area contributed by atoms with Crippen molar-refractivity contribution in [3.8, 4) is 0 Å². The van der Waals surface area contributed by atoms with E-state index in [-0.39, 0.29) is 6.04 Å². The van der Waals surface area contributed by atoms with Crippen molar-refractivity contribution in [3.63, 3.8) is 0 Å². The van der Waals surface area contributed by atoms with Crippen LogP contribution in [0.25, 0.3) is 0 Å². The highest BCUT2D eigenvalue weighted by Crippen LogP contribution is 2.25. The lowest BCUT2D eigenvalue weighted by Crippen LogP contribution is -2.31. The standard InChI is InChI=1S/C16H23F2N/c1-11-4-3-5-14(8-6-11)19-12(2)15-9-7-13(17)10-16(15)18/h7,9-12,14,19H,3-6,8H2,1-2H3. The van der Waals surface area contributed by atoms with E-state index in [9.17, 15) is 8.78 Å². The third-order valence-electron chi connectivity index (χ3n) is 4.17. The molecular weight excluding hydrogens is 244 g/mol. The molecule has 0 amide bonds. The molecule has 0 aliphatic heterocycles. The van der Waals surface area contributed by atoms with Gasteiger partial charge < -0.3 is 5.32 Å². The summed E-state index contributed by atoms with van der Waals surface area (Å²) in [4.78, 5) is 0.